The molecule has 1 amide bonds. The van der Waals surface area contributed by atoms with Crippen molar-refractivity contribution in [3.63, 3.8) is 0 Å². The molecule has 0 bridgehead atoms. The van der Waals surface area contributed by atoms with Crippen LogP contribution in [-0.2, 0) is 9.53 Å². The second kappa shape index (κ2) is 7.99. The summed E-state index contributed by atoms with van der Waals surface area (Å²) in [5.41, 5.74) is 1.53. The van der Waals surface area contributed by atoms with Crippen molar-refractivity contribution in [3.05, 3.63) is 22.9 Å². The largest absolute Gasteiger partial charge is 0.478 e. The van der Waals surface area contributed by atoms with E-state index in [1.54, 1.807) is 33.9 Å². The maximum atomic E-state index is 11.9. The Morgan fingerprint density at radius 2 is 2.14 bits per heavy atom. The van der Waals surface area contributed by atoms with E-state index in [0.29, 0.717) is 23.7 Å². The van der Waals surface area contributed by atoms with Crippen LogP contribution in [0.2, 0.25) is 0 Å². The number of rotatable bonds is 7. The monoisotopic (exact) mass is 312 g/mol. The van der Waals surface area contributed by atoms with Crippen LogP contribution < -0.4 is 5.32 Å². The van der Waals surface area contributed by atoms with Gasteiger partial charge in [0.1, 0.15) is 5.03 Å². The van der Waals surface area contributed by atoms with Crippen LogP contribution in [0.15, 0.2) is 11.1 Å². The molecule has 0 aromatic carbocycles. The first-order chi connectivity index (χ1) is 9.86. The van der Waals surface area contributed by atoms with Crippen LogP contribution in [0.25, 0.3) is 0 Å². The first-order valence-corrected chi connectivity index (χ1v) is 7.39. The standard InChI is InChI=1S/C14H20N2O4S/c1-8-7-9(2)16-13(11(8)14(18)19)21-10(3)12(17)15-5-6-20-4/h7,10H,5-6H2,1-4H3,(H,15,17)(H,18,19). The Balaban J connectivity index is 2.86. The lowest BCUT2D eigenvalue weighted by atomic mass is 10.1. The van der Waals surface area contributed by atoms with Crippen LogP contribution in [0.3, 0.4) is 0 Å². The van der Waals surface area contributed by atoms with Gasteiger partial charge in [0, 0.05) is 19.3 Å². The van der Waals surface area contributed by atoms with Crippen LogP contribution in [-0.4, -0.2) is 47.5 Å². The smallest absolute Gasteiger partial charge is 0.338 e. The molecule has 0 fully saturated rings. The van der Waals surface area contributed by atoms with E-state index in [9.17, 15) is 14.7 Å². The highest BCUT2D eigenvalue weighted by atomic mass is 32.2. The number of pyridine rings is 1. The predicted octanol–water partition coefficient (Wildman–Crippen LogP) is 1.64. The second-order valence-corrected chi connectivity index (χ2v) is 5.94. The van der Waals surface area contributed by atoms with E-state index in [1.165, 1.54) is 0 Å². The summed E-state index contributed by atoms with van der Waals surface area (Å²) < 4.78 is 4.86. The minimum Gasteiger partial charge on any atom is -0.478 e. The lowest BCUT2D eigenvalue weighted by molar-refractivity contribution is -0.120. The lowest BCUT2D eigenvalue weighted by Gasteiger charge is -2.14. The maximum Gasteiger partial charge on any atom is 0.338 e. The molecule has 0 saturated carbocycles. The number of ether oxygens (including phenoxy) is 1. The number of nitrogens with one attached hydrogen (secondary N) is 1. The fourth-order valence-corrected chi connectivity index (χ4v) is 2.88. The van der Waals surface area contributed by atoms with Gasteiger partial charge in [-0.05, 0) is 32.4 Å². The molecule has 6 nitrogen and oxygen atoms in total. The summed E-state index contributed by atoms with van der Waals surface area (Å²) in [5.74, 6) is -1.20. The van der Waals surface area contributed by atoms with Crippen molar-refractivity contribution < 1.29 is 19.4 Å². The molecule has 116 valence electrons. The summed E-state index contributed by atoms with van der Waals surface area (Å²) >= 11 is 1.15. The SMILES string of the molecule is COCCNC(=O)C(C)Sc1nc(C)cc(C)c1C(=O)O. The molecule has 0 radical (unpaired) electrons. The number of amides is 1. The van der Waals surface area contributed by atoms with E-state index in [2.05, 4.69) is 10.3 Å². The normalized spacial score (nSPS) is 12.0. The number of hydrogen-bond donors (Lipinski definition) is 2. The topological polar surface area (TPSA) is 88.5 Å². The molecule has 1 unspecified atom stereocenters. The van der Waals surface area contributed by atoms with Gasteiger partial charge >= 0.3 is 5.97 Å². The van der Waals surface area contributed by atoms with Gasteiger partial charge in [0.05, 0.1) is 17.4 Å². The zero-order valence-corrected chi connectivity index (χ0v) is 13.4. The van der Waals surface area contributed by atoms with Gasteiger partial charge in [0.25, 0.3) is 0 Å². The minimum absolute atomic E-state index is 0.155. The van der Waals surface area contributed by atoms with Crippen LogP contribution in [0, 0.1) is 13.8 Å². The number of thioether (sulfide) groups is 1. The Kier molecular flexibility index (Phi) is 6.64. The maximum absolute atomic E-state index is 11.9. The van der Waals surface area contributed by atoms with Gasteiger partial charge in [-0.25, -0.2) is 9.78 Å². The first-order valence-electron chi connectivity index (χ1n) is 6.51. The van der Waals surface area contributed by atoms with Gasteiger partial charge in [-0.15, -0.1) is 0 Å². The Morgan fingerprint density at radius 1 is 1.48 bits per heavy atom. The van der Waals surface area contributed by atoms with Crippen LogP contribution in [0.4, 0.5) is 0 Å². The molecule has 7 heteroatoms. The number of carbonyl (C=O) groups excluding carboxylic acids is 1. The van der Waals surface area contributed by atoms with E-state index in [4.69, 9.17) is 4.74 Å². The Hall–Kier alpha value is -1.60. The van der Waals surface area contributed by atoms with Crippen molar-refractivity contribution in [2.45, 2.75) is 31.0 Å². The predicted molar refractivity (Wildman–Crippen MR) is 80.9 cm³/mol. The van der Waals surface area contributed by atoms with Crippen molar-refractivity contribution in [2.24, 2.45) is 0 Å². The number of methoxy groups -OCH3 is 1. The molecule has 1 aromatic heterocycles. The highest BCUT2D eigenvalue weighted by Gasteiger charge is 2.21. The number of aromatic nitrogens is 1. The van der Waals surface area contributed by atoms with Crippen molar-refractivity contribution in [1.82, 2.24) is 10.3 Å². The molecule has 1 heterocycles. The Labute approximate surface area is 128 Å². The summed E-state index contributed by atoms with van der Waals surface area (Å²) in [6.45, 7) is 6.10. The zero-order valence-electron chi connectivity index (χ0n) is 12.6. The fourth-order valence-electron chi connectivity index (χ4n) is 1.79. The molecule has 1 aromatic rings. The summed E-state index contributed by atoms with van der Waals surface area (Å²) in [6, 6.07) is 1.72. The lowest BCUT2D eigenvalue weighted by Crippen LogP contribution is -2.33. The number of carboxylic acids is 1. The van der Waals surface area contributed by atoms with Gasteiger partial charge in [-0.3, -0.25) is 4.79 Å². The second-order valence-electron chi connectivity index (χ2n) is 4.61. The van der Waals surface area contributed by atoms with Gasteiger partial charge in [0.15, 0.2) is 0 Å². The molecule has 0 aliphatic rings. The molecular weight excluding hydrogens is 292 g/mol. The number of aromatic carboxylic acids is 1. The van der Waals surface area contributed by atoms with E-state index < -0.39 is 11.2 Å². The zero-order chi connectivity index (χ0) is 16.0. The third-order valence-corrected chi connectivity index (χ3v) is 3.87. The highest BCUT2D eigenvalue weighted by molar-refractivity contribution is 8.00. The fraction of sp³-hybridized carbons (Fsp3) is 0.500. The van der Waals surface area contributed by atoms with Gasteiger partial charge in [-0.1, -0.05) is 11.8 Å². The minimum atomic E-state index is -1.03. The van der Waals surface area contributed by atoms with Crippen LogP contribution in [0.1, 0.15) is 28.5 Å². The Bertz CT molecular complexity index is 534. The molecule has 21 heavy (non-hydrogen) atoms. The Morgan fingerprint density at radius 3 is 2.71 bits per heavy atom. The summed E-state index contributed by atoms with van der Waals surface area (Å²) in [6.07, 6.45) is 0. The van der Waals surface area contributed by atoms with E-state index in [0.717, 1.165) is 17.5 Å². The van der Waals surface area contributed by atoms with Crippen molar-refractivity contribution in [3.8, 4) is 0 Å². The van der Waals surface area contributed by atoms with Crippen molar-refractivity contribution in [1.29, 1.82) is 0 Å². The average molecular weight is 312 g/mol. The van der Waals surface area contributed by atoms with Gasteiger partial charge in [0.2, 0.25) is 5.91 Å². The number of aryl methyl sites for hydroxylation is 2. The molecule has 0 aliphatic carbocycles. The van der Waals surface area contributed by atoms with Crippen molar-refractivity contribution >= 4 is 23.6 Å². The summed E-state index contributed by atoms with van der Waals surface area (Å²) in [7, 11) is 1.56. The third-order valence-electron chi connectivity index (χ3n) is 2.79. The molecule has 1 rings (SSSR count). The quantitative estimate of drug-likeness (QED) is 0.588. The number of nitrogens with zero attached hydrogens (tertiary/aromatic N) is 1. The molecule has 0 aliphatic heterocycles. The molecule has 1 atom stereocenters. The average Bonchev–Trinajstić information content (AvgIpc) is 2.37. The van der Waals surface area contributed by atoms with Crippen LogP contribution >= 0.6 is 11.8 Å². The third kappa shape index (κ3) is 5.02. The summed E-state index contributed by atoms with van der Waals surface area (Å²) in [4.78, 5) is 27.5. The van der Waals surface area contributed by atoms with Gasteiger partial charge < -0.3 is 15.2 Å². The van der Waals surface area contributed by atoms with Crippen LogP contribution in [0.5, 0.6) is 0 Å². The molecule has 0 saturated heterocycles. The summed E-state index contributed by atoms with van der Waals surface area (Å²) in [5, 5.41) is 11.9. The first kappa shape index (κ1) is 17.5. The van der Waals surface area contributed by atoms with Crippen molar-refractivity contribution in [2.75, 3.05) is 20.3 Å². The van der Waals surface area contributed by atoms with E-state index in [-0.39, 0.29) is 11.5 Å². The molecule has 2 N–H and O–H groups in total. The number of hydrogen-bond acceptors (Lipinski definition) is 5. The van der Waals surface area contributed by atoms with Gasteiger partial charge in [-0.2, -0.15) is 0 Å². The van der Waals surface area contributed by atoms with E-state index in [1.807, 2.05) is 0 Å². The number of carboxylic acid groups (broad SMARTS) is 1. The highest BCUT2D eigenvalue weighted by Crippen LogP contribution is 2.27. The molecule has 0 spiro atoms. The molecular formula is C14H20N2O4S. The van der Waals surface area contributed by atoms with E-state index >= 15 is 0 Å². The number of carbonyl (C=O) groups is 2.